The van der Waals surface area contributed by atoms with Crippen molar-refractivity contribution >= 4 is 28.3 Å². The Kier molecular flexibility index (Phi) is 5.81. The molecule has 0 atom stereocenters. The summed E-state index contributed by atoms with van der Waals surface area (Å²) < 4.78 is 6.06. The zero-order chi connectivity index (χ0) is 22.7. The van der Waals surface area contributed by atoms with Gasteiger partial charge in [0.2, 0.25) is 0 Å². The van der Waals surface area contributed by atoms with E-state index < -0.39 is 11.9 Å². The summed E-state index contributed by atoms with van der Waals surface area (Å²) in [6.45, 7) is 2.06. The molecule has 0 radical (unpaired) electrons. The summed E-state index contributed by atoms with van der Waals surface area (Å²) in [6, 6.07) is 21.2. The highest BCUT2D eigenvalue weighted by atomic mass is 16.5. The number of fused-ring (bicyclic) bond motifs is 1. The standard InChI is InChI=1S/C25H21N3O4/c1-16-12-13-18(25(31)32-2)14-21(16)26-23(29)22-19-10-6-7-11-20(19)24(30)28(27-22)15-17-8-4-3-5-9-17/h3-14H,15H2,1-2H3,(H,26,29). The number of amides is 1. The van der Waals surface area contributed by atoms with Crippen LogP contribution in [0.15, 0.2) is 77.6 Å². The molecule has 4 rings (SSSR count). The molecule has 3 aromatic carbocycles. The predicted molar refractivity (Wildman–Crippen MR) is 122 cm³/mol. The van der Waals surface area contributed by atoms with Gasteiger partial charge in [0.25, 0.3) is 11.5 Å². The Bertz CT molecular complexity index is 1380. The van der Waals surface area contributed by atoms with Crippen LogP contribution in [0.2, 0.25) is 0 Å². The zero-order valence-electron chi connectivity index (χ0n) is 17.7. The molecule has 0 saturated carbocycles. The van der Waals surface area contributed by atoms with Crippen molar-refractivity contribution in [3.8, 4) is 0 Å². The average Bonchev–Trinajstić information content (AvgIpc) is 2.82. The number of carbonyl (C=O) groups is 2. The molecule has 0 aliphatic carbocycles. The SMILES string of the molecule is COC(=O)c1ccc(C)c(NC(=O)c2nn(Cc3ccccc3)c(=O)c3ccccc23)c1. The van der Waals surface area contributed by atoms with Crippen LogP contribution >= 0.6 is 0 Å². The van der Waals surface area contributed by atoms with Crippen LogP contribution in [0.4, 0.5) is 5.69 Å². The van der Waals surface area contributed by atoms with Gasteiger partial charge in [0.15, 0.2) is 5.69 Å². The lowest BCUT2D eigenvalue weighted by Gasteiger charge is -2.13. The molecule has 0 fully saturated rings. The number of benzene rings is 3. The smallest absolute Gasteiger partial charge is 0.337 e. The summed E-state index contributed by atoms with van der Waals surface area (Å²) in [7, 11) is 1.30. The molecule has 0 bridgehead atoms. The van der Waals surface area contributed by atoms with Gasteiger partial charge in [-0.05, 0) is 36.2 Å². The summed E-state index contributed by atoms with van der Waals surface area (Å²) >= 11 is 0. The molecule has 4 aromatic rings. The molecule has 1 heterocycles. The number of rotatable bonds is 5. The molecule has 1 amide bonds. The number of anilines is 1. The molecular formula is C25H21N3O4. The third-order valence-corrected chi connectivity index (χ3v) is 5.16. The van der Waals surface area contributed by atoms with Crippen LogP contribution in [0.5, 0.6) is 0 Å². The molecule has 160 valence electrons. The number of hydrogen-bond donors (Lipinski definition) is 1. The number of methoxy groups -OCH3 is 1. The number of hydrogen-bond acceptors (Lipinski definition) is 5. The molecule has 0 saturated heterocycles. The number of aryl methyl sites for hydroxylation is 1. The number of aromatic nitrogens is 2. The minimum atomic E-state index is -0.500. The molecule has 0 unspecified atom stereocenters. The van der Waals surface area contributed by atoms with E-state index in [1.165, 1.54) is 11.8 Å². The molecule has 32 heavy (non-hydrogen) atoms. The summed E-state index contributed by atoms with van der Waals surface area (Å²) in [5, 5.41) is 8.09. The highest BCUT2D eigenvalue weighted by molar-refractivity contribution is 6.11. The topological polar surface area (TPSA) is 90.3 Å². The number of nitrogens with zero attached hydrogens (tertiary/aromatic N) is 2. The Labute approximate surface area is 184 Å². The van der Waals surface area contributed by atoms with Crippen molar-refractivity contribution in [1.82, 2.24) is 9.78 Å². The van der Waals surface area contributed by atoms with Gasteiger partial charge in [-0.3, -0.25) is 9.59 Å². The van der Waals surface area contributed by atoms with Crippen molar-refractivity contribution in [2.45, 2.75) is 13.5 Å². The monoisotopic (exact) mass is 427 g/mol. The second kappa shape index (κ2) is 8.85. The van der Waals surface area contributed by atoms with E-state index in [1.54, 1.807) is 42.5 Å². The Balaban J connectivity index is 1.77. The fourth-order valence-electron chi connectivity index (χ4n) is 3.45. The first kappa shape index (κ1) is 21.0. The predicted octanol–water partition coefficient (Wildman–Crippen LogP) is 3.79. The summed E-state index contributed by atoms with van der Waals surface area (Å²) in [5.41, 5.74) is 2.30. The van der Waals surface area contributed by atoms with Gasteiger partial charge < -0.3 is 10.1 Å². The van der Waals surface area contributed by atoms with E-state index in [-0.39, 0.29) is 17.8 Å². The fourth-order valence-corrected chi connectivity index (χ4v) is 3.45. The number of nitrogens with one attached hydrogen (secondary N) is 1. The lowest BCUT2D eigenvalue weighted by Crippen LogP contribution is -2.28. The van der Waals surface area contributed by atoms with E-state index in [0.717, 1.165) is 11.1 Å². The quantitative estimate of drug-likeness (QED) is 0.490. The van der Waals surface area contributed by atoms with Gasteiger partial charge in [-0.25, -0.2) is 9.48 Å². The third kappa shape index (κ3) is 4.13. The Morgan fingerprint density at radius 2 is 1.66 bits per heavy atom. The Hall–Kier alpha value is -4.26. The normalized spacial score (nSPS) is 10.7. The van der Waals surface area contributed by atoms with E-state index >= 15 is 0 Å². The van der Waals surface area contributed by atoms with Crippen molar-refractivity contribution < 1.29 is 14.3 Å². The summed E-state index contributed by atoms with van der Waals surface area (Å²) in [4.78, 5) is 38.1. The summed E-state index contributed by atoms with van der Waals surface area (Å²) in [5.74, 6) is -0.978. The largest absolute Gasteiger partial charge is 0.465 e. The van der Waals surface area contributed by atoms with Crippen LogP contribution in [-0.2, 0) is 11.3 Å². The van der Waals surface area contributed by atoms with E-state index in [9.17, 15) is 14.4 Å². The molecule has 1 N–H and O–H groups in total. The highest BCUT2D eigenvalue weighted by Gasteiger charge is 2.18. The molecule has 0 spiro atoms. The zero-order valence-corrected chi connectivity index (χ0v) is 17.7. The second-order valence-corrected chi connectivity index (χ2v) is 7.32. The highest BCUT2D eigenvalue weighted by Crippen LogP contribution is 2.20. The number of carbonyl (C=O) groups excluding carboxylic acids is 2. The van der Waals surface area contributed by atoms with Gasteiger partial charge in [-0.15, -0.1) is 0 Å². The number of esters is 1. The molecule has 7 nitrogen and oxygen atoms in total. The van der Waals surface area contributed by atoms with Crippen LogP contribution < -0.4 is 10.9 Å². The van der Waals surface area contributed by atoms with E-state index in [2.05, 4.69) is 10.4 Å². The maximum absolute atomic E-state index is 13.2. The minimum absolute atomic E-state index is 0.124. The maximum Gasteiger partial charge on any atom is 0.337 e. The maximum atomic E-state index is 13.2. The molecule has 0 aliphatic rings. The lowest BCUT2D eigenvalue weighted by molar-refractivity contribution is 0.0600. The lowest BCUT2D eigenvalue weighted by atomic mass is 10.1. The molecule has 0 aliphatic heterocycles. The van der Waals surface area contributed by atoms with Crippen molar-refractivity contribution in [3.63, 3.8) is 0 Å². The van der Waals surface area contributed by atoms with Gasteiger partial charge in [0.1, 0.15) is 0 Å². The van der Waals surface area contributed by atoms with Gasteiger partial charge >= 0.3 is 5.97 Å². The van der Waals surface area contributed by atoms with Crippen molar-refractivity contribution in [2.75, 3.05) is 12.4 Å². The Morgan fingerprint density at radius 1 is 0.969 bits per heavy atom. The third-order valence-electron chi connectivity index (χ3n) is 5.16. The first-order valence-corrected chi connectivity index (χ1v) is 10.0. The van der Waals surface area contributed by atoms with Crippen LogP contribution in [0.3, 0.4) is 0 Å². The van der Waals surface area contributed by atoms with Gasteiger partial charge in [0.05, 0.1) is 24.6 Å². The molecule has 1 aromatic heterocycles. The first-order chi connectivity index (χ1) is 15.5. The van der Waals surface area contributed by atoms with Gasteiger partial charge in [-0.2, -0.15) is 5.10 Å². The van der Waals surface area contributed by atoms with E-state index in [0.29, 0.717) is 22.0 Å². The van der Waals surface area contributed by atoms with E-state index in [1.807, 2.05) is 37.3 Å². The van der Waals surface area contributed by atoms with Crippen LogP contribution in [-0.4, -0.2) is 28.8 Å². The molecule has 7 heteroatoms. The average molecular weight is 427 g/mol. The fraction of sp³-hybridized carbons (Fsp3) is 0.120. The van der Waals surface area contributed by atoms with Gasteiger partial charge in [0, 0.05) is 11.1 Å². The van der Waals surface area contributed by atoms with Gasteiger partial charge in [-0.1, -0.05) is 54.6 Å². The number of ether oxygens (including phenoxy) is 1. The minimum Gasteiger partial charge on any atom is -0.465 e. The molecular weight excluding hydrogens is 406 g/mol. The van der Waals surface area contributed by atoms with Crippen LogP contribution in [0.25, 0.3) is 10.8 Å². The van der Waals surface area contributed by atoms with Crippen molar-refractivity contribution in [1.29, 1.82) is 0 Å². The first-order valence-electron chi connectivity index (χ1n) is 10.0. The van der Waals surface area contributed by atoms with Crippen molar-refractivity contribution in [3.05, 3.63) is 106 Å². The summed E-state index contributed by atoms with van der Waals surface area (Å²) in [6.07, 6.45) is 0. The van der Waals surface area contributed by atoms with Crippen LogP contribution in [0.1, 0.15) is 32.0 Å². The van der Waals surface area contributed by atoms with Crippen LogP contribution in [0, 0.1) is 6.92 Å². The Morgan fingerprint density at radius 3 is 2.38 bits per heavy atom. The second-order valence-electron chi connectivity index (χ2n) is 7.32. The van der Waals surface area contributed by atoms with Crippen molar-refractivity contribution in [2.24, 2.45) is 0 Å². The van der Waals surface area contributed by atoms with E-state index in [4.69, 9.17) is 4.74 Å².